The first kappa shape index (κ1) is 23.7. The van der Waals surface area contributed by atoms with Crippen molar-refractivity contribution in [2.75, 3.05) is 7.11 Å². The molecule has 2 rings (SSSR count). The largest absolute Gasteiger partial charge is 0.478 e. The number of halogens is 4. The molecule has 146 valence electrons. The van der Waals surface area contributed by atoms with E-state index in [9.17, 15) is 18.4 Å². The van der Waals surface area contributed by atoms with Crippen LogP contribution in [-0.4, -0.2) is 24.2 Å². The zero-order valence-corrected chi connectivity index (χ0v) is 19.2. The van der Waals surface area contributed by atoms with Gasteiger partial charge in [0.25, 0.3) is 0 Å². The highest BCUT2D eigenvalue weighted by Crippen LogP contribution is 2.20. The summed E-state index contributed by atoms with van der Waals surface area (Å²) in [6.07, 6.45) is 1.45. The molecule has 27 heavy (non-hydrogen) atoms. The molecule has 0 fully saturated rings. The van der Waals surface area contributed by atoms with Gasteiger partial charge in [-0.1, -0.05) is 13.8 Å². The van der Waals surface area contributed by atoms with Crippen LogP contribution in [0.25, 0.3) is 0 Å². The van der Waals surface area contributed by atoms with Gasteiger partial charge in [-0.2, -0.15) is 0 Å². The summed E-state index contributed by atoms with van der Waals surface area (Å²) in [5, 5.41) is 8.61. The summed E-state index contributed by atoms with van der Waals surface area (Å²) < 4.78 is 32.6. The molecule has 0 aliphatic rings. The van der Waals surface area contributed by atoms with Crippen LogP contribution < -0.4 is 0 Å². The number of carboxylic acid groups (broad SMARTS) is 1. The number of carbonyl (C=O) groups excluding carboxylic acids is 1. The summed E-state index contributed by atoms with van der Waals surface area (Å²) in [6, 6.07) is 5.54. The topological polar surface area (TPSA) is 63.6 Å². The maximum atomic E-state index is 13.4. The maximum Gasteiger partial charge on any atom is 0.340 e. The van der Waals surface area contributed by atoms with E-state index >= 15 is 0 Å². The minimum atomic E-state index is -1.22. The normalized spacial score (nSPS) is 10.0. The molecule has 0 aromatic heterocycles. The second kappa shape index (κ2) is 10.9. The van der Waals surface area contributed by atoms with Crippen LogP contribution in [0.1, 0.15) is 45.7 Å². The molecule has 0 aliphatic heterocycles. The molecule has 0 heterocycles. The molecule has 1 N–H and O–H groups in total. The van der Waals surface area contributed by atoms with Crippen LogP contribution in [-0.2, 0) is 17.6 Å². The predicted molar refractivity (Wildman–Crippen MR) is 115 cm³/mol. The average molecular weight is 602 g/mol. The fraction of sp³-hybridized carbons (Fsp3) is 0.263. The molecule has 2 aromatic rings. The number of carbonyl (C=O) groups is 2. The Labute approximate surface area is 183 Å². The lowest BCUT2D eigenvalue weighted by atomic mass is 10.1. The molecule has 0 amide bonds. The van der Waals surface area contributed by atoms with Crippen molar-refractivity contribution in [3.63, 3.8) is 0 Å². The molecule has 0 unspecified atom stereocenters. The van der Waals surface area contributed by atoms with Gasteiger partial charge >= 0.3 is 11.9 Å². The molecular formula is C19H18F2I2O4. The van der Waals surface area contributed by atoms with Crippen molar-refractivity contribution in [3.05, 3.63) is 65.3 Å². The Hall–Kier alpha value is -1.30. The molecule has 4 nitrogen and oxygen atoms in total. The number of methoxy groups -OCH3 is 1. The molecule has 8 heteroatoms. The number of hydrogen-bond donors (Lipinski definition) is 1. The number of aryl methyl sites for hydroxylation is 2. The Morgan fingerprint density at radius 2 is 1.33 bits per heavy atom. The SMILES string of the molecule is CCc1cc(F)c(C(=O)O)cc1I.CCc1cc(F)c(C(=O)OC)cc1I. The molecule has 0 aliphatic carbocycles. The van der Waals surface area contributed by atoms with Gasteiger partial charge in [0.2, 0.25) is 0 Å². The van der Waals surface area contributed by atoms with Crippen LogP contribution in [0.4, 0.5) is 8.78 Å². The van der Waals surface area contributed by atoms with Gasteiger partial charge < -0.3 is 9.84 Å². The number of carboxylic acids is 1. The Morgan fingerprint density at radius 3 is 1.70 bits per heavy atom. The summed E-state index contributed by atoms with van der Waals surface area (Å²) in [5.74, 6) is -3.04. The summed E-state index contributed by atoms with van der Waals surface area (Å²) in [4.78, 5) is 21.7. The summed E-state index contributed by atoms with van der Waals surface area (Å²) >= 11 is 4.08. The zero-order valence-electron chi connectivity index (χ0n) is 14.9. The van der Waals surface area contributed by atoms with E-state index in [4.69, 9.17) is 5.11 Å². The van der Waals surface area contributed by atoms with Gasteiger partial charge in [0.15, 0.2) is 0 Å². The highest BCUT2D eigenvalue weighted by Gasteiger charge is 2.14. The van der Waals surface area contributed by atoms with Gasteiger partial charge in [-0.05, 0) is 93.4 Å². The minimum absolute atomic E-state index is 0.00546. The Kier molecular flexibility index (Phi) is 9.57. The molecule has 0 saturated carbocycles. The molecule has 0 saturated heterocycles. The summed E-state index contributed by atoms with van der Waals surface area (Å²) in [6.45, 7) is 3.84. The van der Waals surface area contributed by atoms with E-state index in [1.807, 2.05) is 36.4 Å². The van der Waals surface area contributed by atoms with E-state index in [1.54, 1.807) is 0 Å². The first-order valence-electron chi connectivity index (χ1n) is 7.93. The van der Waals surface area contributed by atoms with Crippen molar-refractivity contribution >= 4 is 57.1 Å². The standard InChI is InChI=1S/C10H10FIO2.C9H8FIO2/c1-3-6-4-8(11)7(5-9(6)12)10(13)14-2;1-2-5-3-7(10)6(9(12)13)4-8(5)11/h4-5H,3H2,1-2H3;3-4H,2H2,1H3,(H,12,13). The van der Waals surface area contributed by atoms with Crippen molar-refractivity contribution in [2.45, 2.75) is 26.7 Å². The van der Waals surface area contributed by atoms with E-state index in [-0.39, 0.29) is 11.1 Å². The molecule has 0 spiro atoms. The second-order valence-electron chi connectivity index (χ2n) is 5.35. The summed E-state index contributed by atoms with van der Waals surface area (Å²) in [5.41, 5.74) is 1.47. The number of aromatic carboxylic acids is 1. The lowest BCUT2D eigenvalue weighted by molar-refractivity contribution is 0.0594. The monoisotopic (exact) mass is 602 g/mol. The molecule has 2 aromatic carbocycles. The quantitative estimate of drug-likeness (QED) is 0.373. The van der Waals surface area contributed by atoms with Crippen molar-refractivity contribution in [3.8, 4) is 0 Å². The van der Waals surface area contributed by atoms with Gasteiger partial charge in [0, 0.05) is 7.14 Å². The van der Waals surface area contributed by atoms with Crippen LogP contribution in [0, 0.1) is 18.8 Å². The molecular weight excluding hydrogens is 584 g/mol. The molecule has 0 radical (unpaired) electrons. The van der Waals surface area contributed by atoms with Crippen LogP contribution in [0.2, 0.25) is 0 Å². The highest BCUT2D eigenvalue weighted by molar-refractivity contribution is 14.1. The van der Waals surface area contributed by atoms with Gasteiger partial charge in [-0.15, -0.1) is 0 Å². The van der Waals surface area contributed by atoms with Crippen LogP contribution >= 0.6 is 45.2 Å². The lowest BCUT2D eigenvalue weighted by Gasteiger charge is -2.05. The van der Waals surface area contributed by atoms with Crippen LogP contribution in [0.15, 0.2) is 24.3 Å². The minimum Gasteiger partial charge on any atom is -0.478 e. The fourth-order valence-corrected chi connectivity index (χ4v) is 3.85. The Morgan fingerprint density at radius 1 is 0.926 bits per heavy atom. The first-order chi connectivity index (χ1) is 12.7. The van der Waals surface area contributed by atoms with Crippen molar-refractivity contribution < 1.29 is 28.2 Å². The van der Waals surface area contributed by atoms with E-state index in [1.165, 1.54) is 31.4 Å². The molecule has 0 bridgehead atoms. The number of benzene rings is 2. The Bertz CT molecular complexity index is 854. The zero-order chi connectivity index (χ0) is 20.7. The Balaban J connectivity index is 0.000000271. The average Bonchev–Trinajstić information content (AvgIpc) is 2.64. The first-order valence-corrected chi connectivity index (χ1v) is 10.1. The predicted octanol–water partition coefficient (Wildman–Crippen LogP) is 5.47. The van der Waals surface area contributed by atoms with E-state index in [0.29, 0.717) is 6.42 Å². The van der Waals surface area contributed by atoms with Crippen LogP contribution in [0.5, 0.6) is 0 Å². The maximum absolute atomic E-state index is 13.4. The molecule has 0 atom stereocenters. The van der Waals surface area contributed by atoms with Gasteiger partial charge in [0.1, 0.15) is 11.6 Å². The number of ether oxygens (including phenoxy) is 1. The van der Waals surface area contributed by atoms with Crippen molar-refractivity contribution in [1.29, 1.82) is 0 Å². The third kappa shape index (κ3) is 6.37. The van der Waals surface area contributed by atoms with Gasteiger partial charge in [0.05, 0.1) is 18.2 Å². The number of esters is 1. The number of rotatable bonds is 4. The number of hydrogen-bond acceptors (Lipinski definition) is 3. The van der Waals surface area contributed by atoms with E-state index < -0.39 is 23.6 Å². The third-order valence-corrected chi connectivity index (χ3v) is 5.68. The van der Waals surface area contributed by atoms with Crippen LogP contribution in [0.3, 0.4) is 0 Å². The fourth-order valence-electron chi connectivity index (χ4n) is 2.15. The second-order valence-corrected chi connectivity index (χ2v) is 7.68. The summed E-state index contributed by atoms with van der Waals surface area (Å²) in [7, 11) is 1.24. The van der Waals surface area contributed by atoms with E-state index in [2.05, 4.69) is 27.3 Å². The van der Waals surface area contributed by atoms with Gasteiger partial charge in [-0.3, -0.25) is 0 Å². The van der Waals surface area contributed by atoms with Crippen molar-refractivity contribution in [2.24, 2.45) is 0 Å². The third-order valence-electron chi connectivity index (χ3n) is 3.67. The van der Waals surface area contributed by atoms with Crippen molar-refractivity contribution in [1.82, 2.24) is 0 Å². The van der Waals surface area contributed by atoms with E-state index in [0.717, 1.165) is 24.7 Å². The smallest absolute Gasteiger partial charge is 0.340 e. The highest BCUT2D eigenvalue weighted by atomic mass is 127. The lowest BCUT2D eigenvalue weighted by Crippen LogP contribution is -2.06. The van der Waals surface area contributed by atoms with Gasteiger partial charge in [-0.25, -0.2) is 18.4 Å².